The molecule has 28 heavy (non-hydrogen) atoms. The molecular formula is C21H34N4O3. The topological polar surface area (TPSA) is 75.2 Å². The number of hydrogen-bond donors (Lipinski definition) is 2. The summed E-state index contributed by atoms with van der Waals surface area (Å²) < 4.78 is 11.2. The average molecular weight is 391 g/mol. The summed E-state index contributed by atoms with van der Waals surface area (Å²) >= 11 is 0. The van der Waals surface area contributed by atoms with Crippen LogP contribution in [0.4, 0.5) is 0 Å². The zero-order chi connectivity index (χ0) is 20.2. The first-order valence-corrected chi connectivity index (χ1v) is 10.2. The summed E-state index contributed by atoms with van der Waals surface area (Å²) in [5.41, 5.74) is 2.14. The number of amides is 1. The molecule has 0 spiro atoms. The Bertz CT molecular complexity index is 643. The van der Waals surface area contributed by atoms with E-state index in [4.69, 9.17) is 9.47 Å². The lowest BCUT2D eigenvalue weighted by Gasteiger charge is -2.17. The molecule has 1 aliphatic heterocycles. The largest absolute Gasteiger partial charge is 0.491 e. The number of aliphatic imine (C=N–C) groups is 1. The van der Waals surface area contributed by atoms with Gasteiger partial charge >= 0.3 is 0 Å². The lowest BCUT2D eigenvalue weighted by atomic mass is 10.1. The molecule has 0 saturated carbocycles. The maximum absolute atomic E-state index is 12.2. The molecule has 1 aromatic carbocycles. The second-order valence-electron chi connectivity index (χ2n) is 6.79. The molecule has 0 aromatic heterocycles. The minimum Gasteiger partial charge on any atom is -0.491 e. The van der Waals surface area contributed by atoms with Crippen molar-refractivity contribution in [3.63, 3.8) is 0 Å². The van der Waals surface area contributed by atoms with Crippen molar-refractivity contribution in [3.05, 3.63) is 29.3 Å². The number of likely N-dealkylation sites (tertiary alicyclic amines) is 1. The van der Waals surface area contributed by atoms with Gasteiger partial charge in [-0.1, -0.05) is 12.1 Å². The molecule has 7 nitrogen and oxygen atoms in total. The molecule has 156 valence electrons. The zero-order valence-electron chi connectivity index (χ0n) is 17.4. The molecule has 1 amide bonds. The third-order valence-corrected chi connectivity index (χ3v) is 4.53. The number of carbonyl (C=O) groups is 1. The van der Waals surface area contributed by atoms with Gasteiger partial charge in [-0.05, 0) is 45.2 Å². The van der Waals surface area contributed by atoms with E-state index >= 15 is 0 Å². The first kappa shape index (κ1) is 22.0. The number of benzene rings is 1. The van der Waals surface area contributed by atoms with Gasteiger partial charge in [-0.15, -0.1) is 0 Å². The Balaban J connectivity index is 1.95. The molecular weight excluding hydrogens is 356 g/mol. The Morgan fingerprint density at radius 3 is 2.68 bits per heavy atom. The predicted molar refractivity (Wildman–Crippen MR) is 112 cm³/mol. The Morgan fingerprint density at radius 2 is 1.96 bits per heavy atom. The molecule has 1 saturated heterocycles. The van der Waals surface area contributed by atoms with E-state index in [9.17, 15) is 4.79 Å². The van der Waals surface area contributed by atoms with Crippen LogP contribution in [-0.2, 0) is 16.1 Å². The normalized spacial score (nSPS) is 14.2. The lowest BCUT2D eigenvalue weighted by Crippen LogP contribution is -2.44. The molecule has 1 fully saturated rings. The number of guanidine groups is 1. The van der Waals surface area contributed by atoms with Crippen molar-refractivity contribution in [1.82, 2.24) is 15.5 Å². The SMILES string of the molecule is CCNC(=NCc1ccc(C)cc1OCCOCC)NCC(=O)N1CCCC1. The van der Waals surface area contributed by atoms with Crippen LogP contribution in [0.15, 0.2) is 23.2 Å². The van der Waals surface area contributed by atoms with Crippen molar-refractivity contribution in [2.24, 2.45) is 4.99 Å². The molecule has 0 radical (unpaired) electrons. The van der Waals surface area contributed by atoms with E-state index < -0.39 is 0 Å². The van der Waals surface area contributed by atoms with E-state index in [-0.39, 0.29) is 12.5 Å². The van der Waals surface area contributed by atoms with Crippen molar-refractivity contribution in [3.8, 4) is 5.75 Å². The van der Waals surface area contributed by atoms with Crippen LogP contribution >= 0.6 is 0 Å². The number of nitrogens with one attached hydrogen (secondary N) is 2. The Morgan fingerprint density at radius 1 is 1.18 bits per heavy atom. The van der Waals surface area contributed by atoms with Crippen molar-refractivity contribution in [1.29, 1.82) is 0 Å². The molecule has 1 heterocycles. The highest BCUT2D eigenvalue weighted by Gasteiger charge is 2.17. The van der Waals surface area contributed by atoms with Gasteiger partial charge in [0.05, 0.1) is 19.7 Å². The molecule has 0 aliphatic carbocycles. The summed E-state index contributed by atoms with van der Waals surface area (Å²) in [6.45, 7) is 11.0. The van der Waals surface area contributed by atoms with Gasteiger partial charge in [-0.25, -0.2) is 4.99 Å². The smallest absolute Gasteiger partial charge is 0.241 e. The molecule has 0 atom stereocenters. The van der Waals surface area contributed by atoms with Gasteiger partial charge in [0.15, 0.2) is 5.96 Å². The van der Waals surface area contributed by atoms with Gasteiger partial charge in [0, 0.05) is 31.8 Å². The average Bonchev–Trinajstić information content (AvgIpc) is 3.23. The van der Waals surface area contributed by atoms with E-state index in [1.165, 1.54) is 0 Å². The Hall–Kier alpha value is -2.28. The highest BCUT2D eigenvalue weighted by Crippen LogP contribution is 2.21. The van der Waals surface area contributed by atoms with Crippen LogP contribution in [0.2, 0.25) is 0 Å². The molecule has 2 N–H and O–H groups in total. The van der Waals surface area contributed by atoms with Crippen LogP contribution in [0, 0.1) is 6.92 Å². The van der Waals surface area contributed by atoms with Crippen molar-refractivity contribution in [2.45, 2.75) is 40.2 Å². The van der Waals surface area contributed by atoms with E-state index in [0.717, 1.165) is 49.4 Å². The van der Waals surface area contributed by atoms with Crippen LogP contribution in [0.5, 0.6) is 5.75 Å². The lowest BCUT2D eigenvalue weighted by molar-refractivity contribution is -0.128. The maximum atomic E-state index is 12.2. The highest BCUT2D eigenvalue weighted by molar-refractivity contribution is 5.86. The molecule has 1 aliphatic rings. The van der Waals surface area contributed by atoms with Crippen molar-refractivity contribution in [2.75, 3.05) is 46.0 Å². The summed E-state index contributed by atoms with van der Waals surface area (Å²) in [4.78, 5) is 18.8. The van der Waals surface area contributed by atoms with E-state index in [2.05, 4.69) is 21.7 Å². The quantitative estimate of drug-likeness (QED) is 0.363. The fourth-order valence-corrected chi connectivity index (χ4v) is 3.03. The van der Waals surface area contributed by atoms with Gasteiger partial charge < -0.3 is 25.0 Å². The van der Waals surface area contributed by atoms with Gasteiger partial charge in [0.2, 0.25) is 5.91 Å². The third-order valence-electron chi connectivity index (χ3n) is 4.53. The molecule has 1 aromatic rings. The summed E-state index contributed by atoms with van der Waals surface area (Å²) in [6, 6.07) is 6.11. The number of nitrogens with zero attached hydrogens (tertiary/aromatic N) is 2. The first-order valence-electron chi connectivity index (χ1n) is 10.2. The second-order valence-corrected chi connectivity index (χ2v) is 6.79. The first-order chi connectivity index (χ1) is 13.6. The number of carbonyl (C=O) groups excluding carboxylic acids is 1. The van der Waals surface area contributed by atoms with Gasteiger partial charge in [0.25, 0.3) is 0 Å². The minimum atomic E-state index is 0.124. The number of aryl methyl sites for hydroxylation is 1. The second kappa shape index (κ2) is 12.2. The molecule has 0 unspecified atom stereocenters. The van der Waals surface area contributed by atoms with Gasteiger partial charge in [-0.3, -0.25) is 4.79 Å². The summed E-state index contributed by atoms with van der Waals surface area (Å²) in [6.07, 6.45) is 2.19. The van der Waals surface area contributed by atoms with Gasteiger partial charge in [0.1, 0.15) is 12.4 Å². The van der Waals surface area contributed by atoms with Crippen LogP contribution in [-0.4, -0.2) is 62.8 Å². The van der Waals surface area contributed by atoms with E-state index in [1.807, 2.05) is 37.8 Å². The summed E-state index contributed by atoms with van der Waals surface area (Å²) in [7, 11) is 0. The Kier molecular flexibility index (Phi) is 9.62. The number of ether oxygens (including phenoxy) is 2. The zero-order valence-corrected chi connectivity index (χ0v) is 17.4. The summed E-state index contributed by atoms with van der Waals surface area (Å²) in [5, 5.41) is 6.34. The fourth-order valence-electron chi connectivity index (χ4n) is 3.03. The van der Waals surface area contributed by atoms with Gasteiger partial charge in [-0.2, -0.15) is 0 Å². The van der Waals surface area contributed by atoms with Crippen LogP contribution in [0.25, 0.3) is 0 Å². The summed E-state index contributed by atoms with van der Waals surface area (Å²) in [5.74, 6) is 1.58. The highest BCUT2D eigenvalue weighted by atomic mass is 16.5. The van der Waals surface area contributed by atoms with Crippen LogP contribution in [0.3, 0.4) is 0 Å². The molecule has 0 bridgehead atoms. The van der Waals surface area contributed by atoms with Crippen molar-refractivity contribution >= 4 is 11.9 Å². The molecule has 2 rings (SSSR count). The number of hydrogen-bond acceptors (Lipinski definition) is 4. The monoisotopic (exact) mass is 390 g/mol. The van der Waals surface area contributed by atoms with E-state index in [0.29, 0.717) is 32.3 Å². The van der Waals surface area contributed by atoms with E-state index in [1.54, 1.807) is 0 Å². The van der Waals surface area contributed by atoms with Crippen LogP contribution < -0.4 is 15.4 Å². The minimum absolute atomic E-state index is 0.124. The number of rotatable bonds is 10. The maximum Gasteiger partial charge on any atom is 0.241 e. The predicted octanol–water partition coefficient (Wildman–Crippen LogP) is 2.09. The van der Waals surface area contributed by atoms with Crippen molar-refractivity contribution < 1.29 is 14.3 Å². The fraction of sp³-hybridized carbons (Fsp3) is 0.619. The van der Waals surface area contributed by atoms with Crippen LogP contribution in [0.1, 0.15) is 37.8 Å². The third kappa shape index (κ3) is 7.38. The standard InChI is InChI=1S/C21H34N4O3/c1-4-22-21(24-16-20(26)25-10-6-7-11-25)23-15-18-9-8-17(3)14-19(18)28-13-12-27-5-2/h8-9,14H,4-7,10-13,15-16H2,1-3H3,(H2,22,23,24). The Labute approximate surface area is 168 Å². The molecule has 7 heteroatoms.